The standard InChI is InChI=1S/C18H29N3OS.2ClH/c22-17(7-6-14-8-10-19-12-14)20-11-9-18-21-16(13-23-18)15-4-2-1-3-5-15;;/h13-15,19H,1-12H2,(H,20,22);2*1H. The van der Waals surface area contributed by atoms with Crippen molar-refractivity contribution in [1.82, 2.24) is 15.6 Å². The normalized spacial score (nSPS) is 20.6. The van der Waals surface area contributed by atoms with Gasteiger partial charge in [0.25, 0.3) is 0 Å². The van der Waals surface area contributed by atoms with E-state index < -0.39 is 0 Å². The van der Waals surface area contributed by atoms with Crippen LogP contribution >= 0.6 is 36.2 Å². The minimum atomic E-state index is 0. The van der Waals surface area contributed by atoms with E-state index in [4.69, 9.17) is 4.98 Å². The highest BCUT2D eigenvalue weighted by molar-refractivity contribution is 7.09. The third-order valence-electron chi connectivity index (χ3n) is 5.20. The van der Waals surface area contributed by atoms with E-state index in [0.29, 0.717) is 18.3 Å². The van der Waals surface area contributed by atoms with Crippen LogP contribution in [-0.4, -0.2) is 30.5 Å². The zero-order chi connectivity index (χ0) is 15.9. The zero-order valence-corrected chi connectivity index (χ0v) is 17.2. The third-order valence-corrected chi connectivity index (χ3v) is 6.12. The van der Waals surface area contributed by atoms with Gasteiger partial charge in [0.05, 0.1) is 10.7 Å². The molecule has 25 heavy (non-hydrogen) atoms. The van der Waals surface area contributed by atoms with Gasteiger partial charge in [-0.1, -0.05) is 19.3 Å². The van der Waals surface area contributed by atoms with Crippen LogP contribution in [0.15, 0.2) is 5.38 Å². The molecule has 2 heterocycles. The summed E-state index contributed by atoms with van der Waals surface area (Å²) >= 11 is 1.76. The predicted molar refractivity (Wildman–Crippen MR) is 109 cm³/mol. The Morgan fingerprint density at radius 3 is 2.76 bits per heavy atom. The Bertz CT molecular complexity index is 500. The Morgan fingerprint density at radius 2 is 2.04 bits per heavy atom. The number of aromatic nitrogens is 1. The molecular formula is C18H31Cl2N3OS. The van der Waals surface area contributed by atoms with Crippen LogP contribution in [0.3, 0.4) is 0 Å². The quantitative estimate of drug-likeness (QED) is 0.715. The van der Waals surface area contributed by atoms with Crippen molar-refractivity contribution in [3.05, 3.63) is 16.1 Å². The molecule has 0 aromatic carbocycles. The van der Waals surface area contributed by atoms with E-state index in [2.05, 4.69) is 16.0 Å². The largest absolute Gasteiger partial charge is 0.356 e. The molecule has 1 aliphatic carbocycles. The molecular weight excluding hydrogens is 377 g/mol. The number of hydrogen-bond acceptors (Lipinski definition) is 4. The van der Waals surface area contributed by atoms with Crippen molar-refractivity contribution in [2.45, 2.75) is 63.7 Å². The molecule has 2 N–H and O–H groups in total. The average Bonchev–Trinajstić information content (AvgIpc) is 3.26. The van der Waals surface area contributed by atoms with Crippen LogP contribution in [-0.2, 0) is 11.2 Å². The Kier molecular flexibility index (Phi) is 11.0. The summed E-state index contributed by atoms with van der Waals surface area (Å²) in [5.74, 6) is 1.57. The molecule has 0 radical (unpaired) electrons. The SMILES string of the molecule is Cl.Cl.O=C(CCC1CCNC1)NCCc1nc(C2CCCCC2)cs1. The van der Waals surface area contributed by atoms with E-state index >= 15 is 0 Å². The lowest BCUT2D eigenvalue weighted by Gasteiger charge is -2.19. The van der Waals surface area contributed by atoms with E-state index in [1.807, 2.05) is 0 Å². The Balaban J connectivity index is 0.00000156. The van der Waals surface area contributed by atoms with Gasteiger partial charge < -0.3 is 10.6 Å². The highest BCUT2D eigenvalue weighted by Gasteiger charge is 2.18. The maximum Gasteiger partial charge on any atom is 0.220 e. The number of carbonyl (C=O) groups is 1. The van der Waals surface area contributed by atoms with Crippen LogP contribution in [0.5, 0.6) is 0 Å². The van der Waals surface area contributed by atoms with Gasteiger partial charge in [0.1, 0.15) is 0 Å². The molecule has 0 spiro atoms. The van der Waals surface area contributed by atoms with Gasteiger partial charge in [0, 0.05) is 30.7 Å². The maximum absolute atomic E-state index is 11.9. The fourth-order valence-electron chi connectivity index (χ4n) is 3.72. The molecule has 7 heteroatoms. The molecule has 1 aromatic rings. The summed E-state index contributed by atoms with van der Waals surface area (Å²) in [5.41, 5.74) is 1.30. The molecule has 2 aliphatic rings. The molecule has 1 saturated carbocycles. The summed E-state index contributed by atoms with van der Waals surface area (Å²) in [6.07, 6.45) is 10.5. The molecule has 144 valence electrons. The van der Waals surface area contributed by atoms with Crippen LogP contribution in [0.4, 0.5) is 0 Å². The number of halogens is 2. The number of nitrogens with zero attached hydrogens (tertiary/aromatic N) is 1. The summed E-state index contributed by atoms with van der Waals surface area (Å²) in [4.78, 5) is 16.7. The number of carbonyl (C=O) groups excluding carboxylic acids is 1. The monoisotopic (exact) mass is 407 g/mol. The number of rotatable bonds is 7. The van der Waals surface area contributed by atoms with Crippen molar-refractivity contribution in [2.24, 2.45) is 5.92 Å². The van der Waals surface area contributed by atoms with Gasteiger partial charge in [-0.25, -0.2) is 4.98 Å². The summed E-state index contributed by atoms with van der Waals surface area (Å²) < 4.78 is 0. The van der Waals surface area contributed by atoms with E-state index in [1.54, 1.807) is 11.3 Å². The molecule has 4 nitrogen and oxygen atoms in total. The Morgan fingerprint density at radius 1 is 1.24 bits per heavy atom. The molecule has 1 saturated heterocycles. The molecule has 1 amide bonds. The first kappa shape index (κ1) is 22.7. The van der Waals surface area contributed by atoms with Gasteiger partial charge in [0.2, 0.25) is 5.91 Å². The summed E-state index contributed by atoms with van der Waals surface area (Å²) in [6.45, 7) is 2.91. The summed E-state index contributed by atoms with van der Waals surface area (Å²) in [5, 5.41) is 9.81. The van der Waals surface area contributed by atoms with Crippen LogP contribution in [0.1, 0.15) is 68.0 Å². The summed E-state index contributed by atoms with van der Waals surface area (Å²) in [7, 11) is 0. The van der Waals surface area contributed by atoms with E-state index in [1.165, 1.54) is 49.2 Å². The maximum atomic E-state index is 11.9. The average molecular weight is 408 g/mol. The highest BCUT2D eigenvalue weighted by Crippen LogP contribution is 2.33. The summed E-state index contributed by atoms with van der Waals surface area (Å²) in [6, 6.07) is 0. The van der Waals surface area contributed by atoms with Crippen molar-refractivity contribution in [3.8, 4) is 0 Å². The lowest BCUT2D eigenvalue weighted by Crippen LogP contribution is -2.26. The van der Waals surface area contributed by atoms with Gasteiger partial charge in [-0.2, -0.15) is 0 Å². The lowest BCUT2D eigenvalue weighted by molar-refractivity contribution is -0.121. The lowest BCUT2D eigenvalue weighted by atomic mass is 9.87. The second-order valence-electron chi connectivity index (χ2n) is 7.00. The van der Waals surface area contributed by atoms with Crippen molar-refractivity contribution >= 4 is 42.1 Å². The van der Waals surface area contributed by atoms with Crippen LogP contribution < -0.4 is 10.6 Å². The number of nitrogens with one attached hydrogen (secondary N) is 2. The fourth-order valence-corrected chi connectivity index (χ4v) is 4.60. The highest BCUT2D eigenvalue weighted by atomic mass is 35.5. The molecule has 2 fully saturated rings. The van der Waals surface area contributed by atoms with Crippen LogP contribution in [0.2, 0.25) is 0 Å². The van der Waals surface area contributed by atoms with Crippen LogP contribution in [0.25, 0.3) is 0 Å². The van der Waals surface area contributed by atoms with Gasteiger partial charge in [0.15, 0.2) is 0 Å². The minimum Gasteiger partial charge on any atom is -0.356 e. The molecule has 3 rings (SSSR count). The van der Waals surface area contributed by atoms with Gasteiger partial charge in [-0.15, -0.1) is 36.2 Å². The van der Waals surface area contributed by atoms with Gasteiger partial charge in [-0.05, 0) is 44.7 Å². The van der Waals surface area contributed by atoms with Crippen molar-refractivity contribution in [1.29, 1.82) is 0 Å². The van der Waals surface area contributed by atoms with E-state index in [0.717, 1.165) is 32.5 Å². The van der Waals surface area contributed by atoms with E-state index in [-0.39, 0.29) is 30.7 Å². The molecule has 1 unspecified atom stereocenters. The van der Waals surface area contributed by atoms with Gasteiger partial charge >= 0.3 is 0 Å². The Labute approximate surface area is 167 Å². The molecule has 1 aromatic heterocycles. The number of amides is 1. The second kappa shape index (κ2) is 12.1. The molecule has 1 atom stereocenters. The first-order valence-corrected chi connectivity index (χ1v) is 10.1. The fraction of sp³-hybridized carbons (Fsp3) is 0.778. The molecule has 0 bridgehead atoms. The second-order valence-corrected chi connectivity index (χ2v) is 7.94. The smallest absolute Gasteiger partial charge is 0.220 e. The topological polar surface area (TPSA) is 54.0 Å². The number of thiazole rings is 1. The molecule has 1 aliphatic heterocycles. The van der Waals surface area contributed by atoms with Crippen molar-refractivity contribution < 1.29 is 4.79 Å². The van der Waals surface area contributed by atoms with Crippen molar-refractivity contribution in [2.75, 3.05) is 19.6 Å². The van der Waals surface area contributed by atoms with E-state index in [9.17, 15) is 4.79 Å². The Hall–Kier alpha value is -0.360. The first-order valence-electron chi connectivity index (χ1n) is 9.23. The van der Waals surface area contributed by atoms with Crippen LogP contribution in [0, 0.1) is 5.92 Å². The minimum absolute atomic E-state index is 0. The third kappa shape index (κ3) is 7.41. The van der Waals surface area contributed by atoms with Gasteiger partial charge in [-0.3, -0.25) is 4.79 Å². The van der Waals surface area contributed by atoms with Crippen molar-refractivity contribution in [3.63, 3.8) is 0 Å². The zero-order valence-electron chi connectivity index (χ0n) is 14.8. The first-order chi connectivity index (χ1) is 11.3. The predicted octanol–water partition coefficient (Wildman–Crippen LogP) is 4.08. The number of hydrogen-bond donors (Lipinski definition) is 2.